The first kappa shape index (κ1) is 12.9. The van der Waals surface area contributed by atoms with Crippen molar-refractivity contribution < 1.29 is 22.4 Å². The van der Waals surface area contributed by atoms with Crippen LogP contribution in [0.4, 0.5) is 13.2 Å². The second-order valence-corrected chi connectivity index (χ2v) is 3.10. The van der Waals surface area contributed by atoms with E-state index < -0.39 is 24.5 Å². The predicted octanol–water partition coefficient (Wildman–Crippen LogP) is 1.21. The van der Waals surface area contributed by atoms with Crippen molar-refractivity contribution >= 4 is 0 Å². The summed E-state index contributed by atoms with van der Waals surface area (Å²) in [5.41, 5.74) is 5.57. The molecule has 0 aliphatic heterocycles. The molecule has 1 rings (SSSR count). The smallest absolute Gasteiger partial charge is 0.380 e. The molecule has 5 nitrogen and oxygen atoms in total. The normalized spacial score (nSPS) is 14.1. The second-order valence-electron chi connectivity index (χ2n) is 3.10. The molecule has 1 heterocycles. The van der Waals surface area contributed by atoms with Gasteiger partial charge in [-0.3, -0.25) is 0 Å². The number of nitrogens with zero attached hydrogens (tertiary/aromatic N) is 2. The fraction of sp³-hybridized carbons (Fsp3) is 0.750. The van der Waals surface area contributed by atoms with E-state index in [2.05, 4.69) is 14.7 Å². The summed E-state index contributed by atoms with van der Waals surface area (Å²) in [5, 5.41) is 3.36. The molecule has 1 aromatic heterocycles. The number of hydrogen-bond donors (Lipinski definition) is 1. The van der Waals surface area contributed by atoms with Crippen molar-refractivity contribution in [3.63, 3.8) is 0 Å². The molecule has 0 saturated heterocycles. The van der Waals surface area contributed by atoms with E-state index in [9.17, 15) is 13.2 Å². The molecule has 0 aromatic carbocycles. The third-order valence-electron chi connectivity index (χ3n) is 1.67. The van der Waals surface area contributed by atoms with Gasteiger partial charge in [-0.05, 0) is 6.92 Å². The largest absolute Gasteiger partial charge is 0.397 e. The Kier molecular flexibility index (Phi) is 4.25. The van der Waals surface area contributed by atoms with Crippen molar-refractivity contribution in [2.45, 2.75) is 25.6 Å². The molecule has 1 atom stereocenters. The van der Waals surface area contributed by atoms with Crippen LogP contribution in [0.25, 0.3) is 0 Å². The Bertz CT molecular complexity index is 327. The van der Waals surface area contributed by atoms with E-state index >= 15 is 0 Å². The van der Waals surface area contributed by atoms with Crippen molar-refractivity contribution in [3.05, 3.63) is 11.7 Å². The average molecular weight is 239 g/mol. The molecule has 2 N–H and O–H groups in total. The molecular formula is C8H12F3N3O2. The first-order valence-electron chi connectivity index (χ1n) is 4.65. The average Bonchev–Trinajstić information content (AvgIpc) is 2.59. The van der Waals surface area contributed by atoms with Crippen molar-refractivity contribution in [1.82, 2.24) is 10.1 Å². The van der Waals surface area contributed by atoms with Gasteiger partial charge >= 0.3 is 6.18 Å². The van der Waals surface area contributed by atoms with Gasteiger partial charge in [0.15, 0.2) is 5.82 Å². The third kappa shape index (κ3) is 4.15. The van der Waals surface area contributed by atoms with Crippen molar-refractivity contribution in [2.24, 2.45) is 5.73 Å². The molecule has 0 bridgehead atoms. The number of aromatic nitrogens is 2. The van der Waals surface area contributed by atoms with Gasteiger partial charge in [-0.2, -0.15) is 18.2 Å². The maximum atomic E-state index is 12.0. The highest BCUT2D eigenvalue weighted by Crippen LogP contribution is 2.20. The minimum Gasteiger partial charge on any atom is -0.380 e. The Labute approximate surface area is 89.8 Å². The van der Waals surface area contributed by atoms with Crippen molar-refractivity contribution in [1.29, 1.82) is 0 Å². The van der Waals surface area contributed by atoms with E-state index in [1.165, 1.54) is 0 Å². The van der Waals surface area contributed by atoms with Crippen molar-refractivity contribution in [3.8, 4) is 0 Å². The summed E-state index contributed by atoms with van der Waals surface area (Å²) in [6.07, 6.45) is -5.62. The molecule has 8 heteroatoms. The molecule has 92 valence electrons. The van der Waals surface area contributed by atoms with Gasteiger partial charge in [0.25, 0.3) is 0 Å². The highest BCUT2D eigenvalue weighted by atomic mass is 19.4. The zero-order valence-electron chi connectivity index (χ0n) is 8.62. The van der Waals surface area contributed by atoms with Gasteiger partial charge in [-0.1, -0.05) is 5.16 Å². The van der Waals surface area contributed by atoms with E-state index in [0.29, 0.717) is 6.61 Å². The first-order valence-corrected chi connectivity index (χ1v) is 4.65. The maximum Gasteiger partial charge on any atom is 0.397 e. The summed E-state index contributed by atoms with van der Waals surface area (Å²) >= 11 is 0. The second kappa shape index (κ2) is 5.26. The lowest BCUT2D eigenvalue weighted by atomic mass is 10.3. The Morgan fingerprint density at radius 3 is 2.75 bits per heavy atom. The Hall–Kier alpha value is -1.15. The number of nitrogens with two attached hydrogens (primary N) is 1. The van der Waals surface area contributed by atoms with Gasteiger partial charge in [-0.25, -0.2) is 0 Å². The summed E-state index contributed by atoms with van der Waals surface area (Å²) in [5.74, 6) is -0.470. The number of ether oxygens (including phenoxy) is 1. The first-order chi connectivity index (χ1) is 7.42. The van der Waals surface area contributed by atoms with E-state index in [1.54, 1.807) is 6.92 Å². The van der Waals surface area contributed by atoms with E-state index in [4.69, 9.17) is 10.5 Å². The lowest BCUT2D eigenvalue weighted by Crippen LogP contribution is -2.19. The lowest BCUT2D eigenvalue weighted by Gasteiger charge is -2.05. The molecule has 0 fully saturated rings. The fourth-order valence-electron chi connectivity index (χ4n) is 0.981. The van der Waals surface area contributed by atoms with Crippen LogP contribution in [-0.4, -0.2) is 29.5 Å². The van der Waals surface area contributed by atoms with Gasteiger partial charge in [0.1, 0.15) is 6.42 Å². The summed E-state index contributed by atoms with van der Waals surface area (Å²) < 4.78 is 45.3. The molecule has 0 amide bonds. The number of hydrogen-bond acceptors (Lipinski definition) is 5. The zero-order chi connectivity index (χ0) is 12.2. The Balaban J connectivity index is 2.57. The van der Waals surface area contributed by atoms with Crippen LogP contribution in [0, 0.1) is 0 Å². The molecule has 1 unspecified atom stereocenters. The SMILES string of the molecule is CCOCC(N)c1noc(CC(F)(F)F)n1. The number of halogens is 3. The van der Waals surface area contributed by atoms with Gasteiger partial charge < -0.3 is 15.0 Å². The van der Waals surface area contributed by atoms with Gasteiger partial charge in [0.05, 0.1) is 12.6 Å². The molecule has 0 spiro atoms. The number of rotatable bonds is 5. The minimum absolute atomic E-state index is 0.0210. The zero-order valence-corrected chi connectivity index (χ0v) is 8.62. The third-order valence-corrected chi connectivity index (χ3v) is 1.67. The molecule has 0 radical (unpaired) electrons. The molecule has 0 saturated carbocycles. The van der Waals surface area contributed by atoms with Gasteiger partial charge in [0, 0.05) is 6.61 Å². The Morgan fingerprint density at radius 1 is 1.50 bits per heavy atom. The highest BCUT2D eigenvalue weighted by Gasteiger charge is 2.31. The molecule has 16 heavy (non-hydrogen) atoms. The van der Waals surface area contributed by atoms with Crippen LogP contribution in [0.5, 0.6) is 0 Å². The molecule has 0 aliphatic rings. The van der Waals surface area contributed by atoms with Crippen LogP contribution in [0.15, 0.2) is 4.52 Å². The van der Waals surface area contributed by atoms with E-state index in [0.717, 1.165) is 0 Å². The quantitative estimate of drug-likeness (QED) is 0.835. The highest BCUT2D eigenvalue weighted by molar-refractivity contribution is 4.93. The maximum absolute atomic E-state index is 12.0. The lowest BCUT2D eigenvalue weighted by molar-refractivity contribution is -0.131. The predicted molar refractivity (Wildman–Crippen MR) is 47.5 cm³/mol. The summed E-state index contributed by atoms with van der Waals surface area (Å²) in [6, 6.07) is -0.675. The summed E-state index contributed by atoms with van der Waals surface area (Å²) in [7, 11) is 0. The summed E-state index contributed by atoms with van der Waals surface area (Å²) in [4.78, 5) is 3.55. The van der Waals surface area contributed by atoms with Crippen LogP contribution in [-0.2, 0) is 11.2 Å². The van der Waals surface area contributed by atoms with Crippen LogP contribution in [0.3, 0.4) is 0 Å². The molecule has 0 aliphatic carbocycles. The van der Waals surface area contributed by atoms with Crippen LogP contribution >= 0.6 is 0 Å². The minimum atomic E-state index is -4.37. The van der Waals surface area contributed by atoms with Crippen molar-refractivity contribution in [2.75, 3.05) is 13.2 Å². The van der Waals surface area contributed by atoms with E-state index in [1.807, 2.05) is 0 Å². The topological polar surface area (TPSA) is 74.2 Å². The van der Waals surface area contributed by atoms with Gasteiger partial charge in [0.2, 0.25) is 5.89 Å². The molecular weight excluding hydrogens is 227 g/mol. The molecule has 1 aromatic rings. The Morgan fingerprint density at radius 2 is 2.19 bits per heavy atom. The standard InChI is InChI=1S/C8H12F3N3O2/c1-2-15-4-5(12)7-13-6(16-14-7)3-8(9,10)11/h5H,2-4,12H2,1H3. The van der Waals surface area contributed by atoms with E-state index in [-0.39, 0.29) is 12.4 Å². The van der Waals surface area contributed by atoms with Crippen LogP contribution in [0.1, 0.15) is 24.7 Å². The monoisotopic (exact) mass is 239 g/mol. The van der Waals surface area contributed by atoms with Gasteiger partial charge in [-0.15, -0.1) is 0 Å². The van der Waals surface area contributed by atoms with Crippen LogP contribution < -0.4 is 5.73 Å². The summed E-state index contributed by atoms with van der Waals surface area (Å²) in [6.45, 7) is 2.38. The number of alkyl halides is 3. The van der Waals surface area contributed by atoms with Crippen LogP contribution in [0.2, 0.25) is 0 Å². The fourth-order valence-corrected chi connectivity index (χ4v) is 0.981.